The minimum Gasteiger partial charge on any atom is -0.508 e. The molecule has 0 bridgehead atoms. The summed E-state index contributed by atoms with van der Waals surface area (Å²) in [5.41, 5.74) is 4.86. The number of anilines is 1. The van der Waals surface area contributed by atoms with Crippen LogP contribution in [0.2, 0.25) is 0 Å². The van der Waals surface area contributed by atoms with E-state index in [1.807, 2.05) is 0 Å². The average molecular weight is 363 g/mol. The quantitative estimate of drug-likeness (QED) is 0.477. The Labute approximate surface area is 155 Å². The van der Waals surface area contributed by atoms with Crippen LogP contribution in [0.1, 0.15) is 33.4 Å². The van der Waals surface area contributed by atoms with Gasteiger partial charge in [-0.3, -0.25) is 9.59 Å². The van der Waals surface area contributed by atoms with E-state index in [0.29, 0.717) is 17.0 Å². The molecular formula is C20H17N3O4. The number of furan rings is 1. The maximum Gasteiger partial charge on any atom is 0.291 e. The fraction of sp³-hybridized carbons (Fsp3) is 0.0500. The van der Waals surface area contributed by atoms with Gasteiger partial charge in [-0.1, -0.05) is 12.1 Å². The molecule has 27 heavy (non-hydrogen) atoms. The smallest absolute Gasteiger partial charge is 0.291 e. The molecule has 1 heterocycles. The molecule has 2 aromatic carbocycles. The molecule has 0 fully saturated rings. The molecule has 0 aliphatic heterocycles. The molecule has 0 aliphatic rings. The number of benzene rings is 2. The molecule has 3 rings (SSSR count). The fourth-order valence-corrected chi connectivity index (χ4v) is 2.27. The van der Waals surface area contributed by atoms with Crippen molar-refractivity contribution in [3.05, 3.63) is 83.8 Å². The van der Waals surface area contributed by atoms with Crippen LogP contribution in [0.25, 0.3) is 0 Å². The minimum absolute atomic E-state index is 0.0884. The Morgan fingerprint density at radius 1 is 0.926 bits per heavy atom. The molecule has 0 saturated heterocycles. The highest BCUT2D eigenvalue weighted by Crippen LogP contribution is 2.13. The number of hydrogen-bond acceptors (Lipinski definition) is 5. The van der Waals surface area contributed by atoms with Gasteiger partial charge < -0.3 is 14.8 Å². The number of carbonyl (C=O) groups excluding carboxylic acids is 2. The summed E-state index contributed by atoms with van der Waals surface area (Å²) < 4.78 is 5.04. The van der Waals surface area contributed by atoms with Crippen molar-refractivity contribution in [1.29, 1.82) is 0 Å². The molecule has 0 spiro atoms. The van der Waals surface area contributed by atoms with Crippen LogP contribution in [0.5, 0.6) is 5.75 Å². The van der Waals surface area contributed by atoms with Crippen LogP contribution in [0.3, 0.4) is 0 Å². The Morgan fingerprint density at radius 3 is 2.22 bits per heavy atom. The van der Waals surface area contributed by atoms with Gasteiger partial charge in [-0.15, -0.1) is 0 Å². The first-order chi connectivity index (χ1) is 13.0. The number of nitrogens with zero attached hydrogens (tertiary/aromatic N) is 1. The Balaban J connectivity index is 1.62. The summed E-state index contributed by atoms with van der Waals surface area (Å²) in [6.45, 7) is 1.76. The number of carbonyl (C=O) groups is 2. The van der Waals surface area contributed by atoms with E-state index in [9.17, 15) is 14.7 Å². The Bertz CT molecular complexity index is 959. The normalized spacial score (nSPS) is 11.1. The van der Waals surface area contributed by atoms with Gasteiger partial charge in [0, 0.05) is 11.3 Å². The molecular weight excluding hydrogens is 346 g/mol. The molecule has 136 valence electrons. The van der Waals surface area contributed by atoms with Crippen LogP contribution in [-0.2, 0) is 0 Å². The molecule has 0 aliphatic carbocycles. The molecule has 0 radical (unpaired) electrons. The summed E-state index contributed by atoms with van der Waals surface area (Å²) in [7, 11) is 0. The third-order valence-corrected chi connectivity index (χ3v) is 3.76. The molecule has 0 saturated carbocycles. The van der Waals surface area contributed by atoms with E-state index in [-0.39, 0.29) is 23.3 Å². The van der Waals surface area contributed by atoms with Crippen molar-refractivity contribution in [2.75, 3.05) is 5.32 Å². The average Bonchev–Trinajstić information content (AvgIpc) is 3.22. The topological polar surface area (TPSA) is 104 Å². The number of phenolic OH excluding ortho intramolecular Hbond substituents is 1. The summed E-state index contributed by atoms with van der Waals surface area (Å²) in [6.07, 6.45) is 1.43. The van der Waals surface area contributed by atoms with Crippen molar-refractivity contribution in [2.45, 2.75) is 6.92 Å². The van der Waals surface area contributed by atoms with Gasteiger partial charge in [0.25, 0.3) is 11.8 Å². The maximum absolute atomic E-state index is 12.0. The van der Waals surface area contributed by atoms with Crippen molar-refractivity contribution in [3.8, 4) is 5.75 Å². The molecule has 7 heteroatoms. The van der Waals surface area contributed by atoms with Crippen LogP contribution in [0, 0.1) is 0 Å². The monoisotopic (exact) mass is 363 g/mol. The first-order valence-corrected chi connectivity index (χ1v) is 8.12. The van der Waals surface area contributed by atoms with Gasteiger partial charge in [-0.05, 0) is 61.0 Å². The number of rotatable bonds is 5. The first-order valence-electron chi connectivity index (χ1n) is 8.12. The standard InChI is InChI=1S/C20H17N3O4/c1-13(22-23-19(25)15-6-10-17(24)11-7-15)14-4-8-16(9-5-14)21-20(26)18-3-2-12-27-18/h2-12,24H,1H3,(H,21,26)(H,23,25)/b22-13-. The van der Waals surface area contributed by atoms with E-state index in [1.54, 1.807) is 43.3 Å². The van der Waals surface area contributed by atoms with Gasteiger partial charge in [-0.25, -0.2) is 5.43 Å². The van der Waals surface area contributed by atoms with Gasteiger partial charge in [-0.2, -0.15) is 5.10 Å². The summed E-state index contributed by atoms with van der Waals surface area (Å²) in [5, 5.41) is 16.0. The zero-order valence-electron chi connectivity index (χ0n) is 14.5. The summed E-state index contributed by atoms with van der Waals surface area (Å²) in [6, 6.07) is 16.1. The second-order valence-electron chi connectivity index (χ2n) is 5.69. The summed E-state index contributed by atoms with van der Waals surface area (Å²) in [5.74, 6) is -0.393. The van der Waals surface area contributed by atoms with Gasteiger partial charge in [0.05, 0.1) is 12.0 Å². The predicted octanol–water partition coefficient (Wildman–Crippen LogP) is 3.39. The van der Waals surface area contributed by atoms with Gasteiger partial charge in [0.1, 0.15) is 5.75 Å². The third-order valence-electron chi connectivity index (χ3n) is 3.76. The number of aromatic hydroxyl groups is 1. The second-order valence-corrected chi connectivity index (χ2v) is 5.69. The number of hydrogen-bond donors (Lipinski definition) is 3. The highest BCUT2D eigenvalue weighted by atomic mass is 16.3. The highest BCUT2D eigenvalue weighted by Gasteiger charge is 2.09. The van der Waals surface area contributed by atoms with Crippen molar-refractivity contribution >= 4 is 23.2 Å². The largest absolute Gasteiger partial charge is 0.508 e. The molecule has 3 aromatic rings. The summed E-state index contributed by atoms with van der Waals surface area (Å²) >= 11 is 0. The highest BCUT2D eigenvalue weighted by molar-refractivity contribution is 6.03. The van der Waals surface area contributed by atoms with Gasteiger partial charge in [0.2, 0.25) is 0 Å². The predicted molar refractivity (Wildman–Crippen MR) is 101 cm³/mol. The number of phenols is 1. The zero-order chi connectivity index (χ0) is 19.2. The molecule has 7 nitrogen and oxygen atoms in total. The summed E-state index contributed by atoms with van der Waals surface area (Å²) in [4.78, 5) is 24.0. The first kappa shape index (κ1) is 17.9. The van der Waals surface area contributed by atoms with E-state index in [2.05, 4.69) is 15.8 Å². The lowest BCUT2D eigenvalue weighted by atomic mass is 10.1. The van der Waals surface area contributed by atoms with Crippen LogP contribution in [-0.4, -0.2) is 22.6 Å². The van der Waals surface area contributed by atoms with Crippen molar-refractivity contribution < 1.29 is 19.1 Å². The minimum atomic E-state index is -0.378. The Hall–Kier alpha value is -3.87. The second kappa shape index (κ2) is 8.01. The van der Waals surface area contributed by atoms with Gasteiger partial charge in [0.15, 0.2) is 5.76 Å². The number of hydrazone groups is 1. The maximum atomic E-state index is 12.0. The lowest BCUT2D eigenvalue weighted by molar-refractivity contribution is 0.0953. The lowest BCUT2D eigenvalue weighted by Crippen LogP contribution is -2.19. The van der Waals surface area contributed by atoms with Crippen molar-refractivity contribution in [1.82, 2.24) is 5.43 Å². The molecule has 1 aromatic heterocycles. The number of amides is 2. The van der Waals surface area contributed by atoms with Crippen molar-refractivity contribution in [2.24, 2.45) is 5.10 Å². The molecule has 0 atom stereocenters. The van der Waals surface area contributed by atoms with Crippen LogP contribution < -0.4 is 10.7 Å². The molecule has 0 unspecified atom stereocenters. The SMILES string of the molecule is C/C(=N/NC(=O)c1ccc(O)cc1)c1ccc(NC(=O)c2ccco2)cc1. The fourth-order valence-electron chi connectivity index (χ4n) is 2.27. The van der Waals surface area contributed by atoms with Crippen LogP contribution >= 0.6 is 0 Å². The number of nitrogens with one attached hydrogen (secondary N) is 2. The molecule has 2 amide bonds. The van der Waals surface area contributed by atoms with Crippen LogP contribution in [0.4, 0.5) is 5.69 Å². The lowest BCUT2D eigenvalue weighted by Gasteiger charge is -2.06. The van der Waals surface area contributed by atoms with E-state index in [0.717, 1.165) is 5.56 Å². The third kappa shape index (κ3) is 4.60. The van der Waals surface area contributed by atoms with Crippen molar-refractivity contribution in [3.63, 3.8) is 0 Å². The Kier molecular flexibility index (Phi) is 5.32. The van der Waals surface area contributed by atoms with E-state index in [1.165, 1.54) is 30.5 Å². The Morgan fingerprint density at radius 2 is 1.59 bits per heavy atom. The van der Waals surface area contributed by atoms with E-state index < -0.39 is 0 Å². The van der Waals surface area contributed by atoms with Gasteiger partial charge >= 0.3 is 0 Å². The zero-order valence-corrected chi connectivity index (χ0v) is 14.5. The van der Waals surface area contributed by atoms with Crippen LogP contribution in [0.15, 0.2) is 76.4 Å². The molecule has 3 N–H and O–H groups in total. The van der Waals surface area contributed by atoms with E-state index >= 15 is 0 Å². The van der Waals surface area contributed by atoms with E-state index in [4.69, 9.17) is 4.42 Å².